The van der Waals surface area contributed by atoms with E-state index in [1.54, 1.807) is 36.7 Å². The molecular formula is C17H11ClN4O2. The van der Waals surface area contributed by atoms with Crippen molar-refractivity contribution in [2.45, 2.75) is 0 Å². The average Bonchev–Trinajstić information content (AvgIpc) is 3.01. The van der Waals surface area contributed by atoms with Crippen LogP contribution in [0.2, 0.25) is 5.02 Å². The van der Waals surface area contributed by atoms with Gasteiger partial charge in [-0.1, -0.05) is 17.7 Å². The number of nitrogens with zero attached hydrogens (tertiary/aromatic N) is 2. The Hall–Kier alpha value is -3.12. The van der Waals surface area contributed by atoms with Gasteiger partial charge in [0.2, 0.25) is 0 Å². The number of benzene rings is 1. The standard InChI is InChI=1S/C17H11ClN4O2/c18-9-2-1-3-10(6-9)20-16-12-7-13(17(23)24)21-15(12)11-4-5-19-8-14(11)22-16/h1-8,21H,(H,20,22)(H,23,24). The van der Waals surface area contributed by atoms with Crippen molar-refractivity contribution in [1.29, 1.82) is 0 Å². The molecule has 0 atom stereocenters. The van der Waals surface area contributed by atoms with Crippen molar-refractivity contribution in [2.24, 2.45) is 0 Å². The monoisotopic (exact) mass is 338 g/mol. The molecule has 0 fully saturated rings. The van der Waals surface area contributed by atoms with E-state index >= 15 is 0 Å². The molecule has 0 bridgehead atoms. The Labute approximate surface area is 141 Å². The zero-order valence-corrected chi connectivity index (χ0v) is 13.0. The number of aromatic nitrogens is 3. The molecule has 0 amide bonds. The van der Waals surface area contributed by atoms with Crippen LogP contribution < -0.4 is 5.32 Å². The van der Waals surface area contributed by atoms with Crippen LogP contribution in [-0.2, 0) is 0 Å². The van der Waals surface area contributed by atoms with E-state index in [1.165, 1.54) is 0 Å². The van der Waals surface area contributed by atoms with Crippen molar-refractivity contribution in [3.05, 3.63) is 59.5 Å². The number of nitrogens with one attached hydrogen (secondary N) is 2. The number of halogens is 1. The molecule has 0 aliphatic heterocycles. The third-order valence-electron chi connectivity index (χ3n) is 3.69. The van der Waals surface area contributed by atoms with Gasteiger partial charge in [-0.15, -0.1) is 0 Å². The number of aromatic carboxylic acids is 1. The average molecular weight is 339 g/mol. The molecule has 24 heavy (non-hydrogen) atoms. The minimum absolute atomic E-state index is 0.102. The van der Waals surface area contributed by atoms with Gasteiger partial charge < -0.3 is 15.4 Å². The molecule has 1 aromatic carbocycles. The van der Waals surface area contributed by atoms with Gasteiger partial charge in [0, 0.05) is 27.7 Å². The fourth-order valence-corrected chi connectivity index (χ4v) is 2.82. The van der Waals surface area contributed by atoms with Gasteiger partial charge in [0.1, 0.15) is 11.5 Å². The number of pyridine rings is 2. The molecule has 3 heterocycles. The van der Waals surface area contributed by atoms with Crippen LogP contribution in [0.3, 0.4) is 0 Å². The third kappa shape index (κ3) is 2.43. The molecule has 0 saturated carbocycles. The van der Waals surface area contributed by atoms with Gasteiger partial charge in [-0.2, -0.15) is 0 Å². The molecule has 0 spiro atoms. The molecular weight excluding hydrogens is 328 g/mol. The Kier molecular flexibility index (Phi) is 3.32. The summed E-state index contributed by atoms with van der Waals surface area (Å²) in [6.45, 7) is 0. The van der Waals surface area contributed by atoms with Gasteiger partial charge >= 0.3 is 5.97 Å². The van der Waals surface area contributed by atoms with Crippen LogP contribution in [0.5, 0.6) is 0 Å². The van der Waals surface area contributed by atoms with Crippen LogP contribution in [0.15, 0.2) is 48.8 Å². The predicted molar refractivity (Wildman–Crippen MR) is 93.1 cm³/mol. The summed E-state index contributed by atoms with van der Waals surface area (Å²) in [5.74, 6) is -0.487. The van der Waals surface area contributed by atoms with Crippen molar-refractivity contribution in [2.75, 3.05) is 5.32 Å². The number of carbonyl (C=O) groups is 1. The van der Waals surface area contributed by atoms with E-state index in [4.69, 9.17) is 11.6 Å². The van der Waals surface area contributed by atoms with Crippen LogP contribution in [0, 0.1) is 0 Å². The van der Waals surface area contributed by atoms with E-state index in [9.17, 15) is 9.90 Å². The number of carboxylic acid groups (broad SMARTS) is 1. The van der Waals surface area contributed by atoms with E-state index in [0.29, 0.717) is 27.3 Å². The quantitative estimate of drug-likeness (QED) is 0.520. The number of hydrogen-bond acceptors (Lipinski definition) is 4. The number of aromatic amines is 1. The molecule has 3 aromatic heterocycles. The van der Waals surface area contributed by atoms with Crippen LogP contribution in [-0.4, -0.2) is 26.0 Å². The summed E-state index contributed by atoms with van der Waals surface area (Å²) in [6, 6.07) is 10.6. The van der Waals surface area contributed by atoms with Gasteiger partial charge in [-0.25, -0.2) is 9.78 Å². The maximum atomic E-state index is 11.3. The summed E-state index contributed by atoms with van der Waals surface area (Å²) in [7, 11) is 0. The molecule has 0 radical (unpaired) electrons. The summed E-state index contributed by atoms with van der Waals surface area (Å²) in [5.41, 5.74) is 2.22. The van der Waals surface area contributed by atoms with Crippen molar-refractivity contribution in [3.8, 4) is 0 Å². The van der Waals surface area contributed by atoms with Crippen LogP contribution in [0.25, 0.3) is 21.8 Å². The zero-order valence-electron chi connectivity index (χ0n) is 12.2. The van der Waals surface area contributed by atoms with E-state index in [0.717, 1.165) is 11.1 Å². The highest BCUT2D eigenvalue weighted by Gasteiger charge is 2.15. The second-order valence-electron chi connectivity index (χ2n) is 5.27. The van der Waals surface area contributed by atoms with Gasteiger partial charge in [0.25, 0.3) is 0 Å². The Morgan fingerprint density at radius 1 is 1.21 bits per heavy atom. The molecule has 6 nitrogen and oxygen atoms in total. The largest absolute Gasteiger partial charge is 0.477 e. The van der Waals surface area contributed by atoms with Gasteiger partial charge in [-0.05, 0) is 30.3 Å². The summed E-state index contributed by atoms with van der Waals surface area (Å²) in [6.07, 6.45) is 3.29. The van der Waals surface area contributed by atoms with Crippen LogP contribution in [0.1, 0.15) is 10.5 Å². The first kappa shape index (κ1) is 14.5. The summed E-state index contributed by atoms with van der Waals surface area (Å²) in [4.78, 5) is 22.9. The Balaban J connectivity index is 1.96. The number of carboxylic acids is 1. The smallest absolute Gasteiger partial charge is 0.352 e. The molecule has 0 unspecified atom stereocenters. The number of H-pyrrole nitrogens is 1. The fraction of sp³-hybridized carbons (Fsp3) is 0. The number of anilines is 2. The van der Waals surface area contributed by atoms with E-state index in [1.807, 2.05) is 12.1 Å². The Morgan fingerprint density at radius 2 is 2.08 bits per heavy atom. The van der Waals surface area contributed by atoms with E-state index < -0.39 is 5.97 Å². The second kappa shape index (κ2) is 5.50. The molecule has 4 rings (SSSR count). The number of fused-ring (bicyclic) bond motifs is 3. The van der Waals surface area contributed by atoms with Crippen molar-refractivity contribution in [1.82, 2.24) is 15.0 Å². The lowest BCUT2D eigenvalue weighted by molar-refractivity contribution is 0.0691. The summed E-state index contributed by atoms with van der Waals surface area (Å²) >= 11 is 6.02. The Morgan fingerprint density at radius 3 is 2.88 bits per heavy atom. The van der Waals surface area contributed by atoms with E-state index in [2.05, 4.69) is 20.3 Å². The lowest BCUT2D eigenvalue weighted by atomic mass is 10.2. The fourth-order valence-electron chi connectivity index (χ4n) is 2.63. The van der Waals surface area contributed by atoms with Crippen LogP contribution >= 0.6 is 11.6 Å². The molecule has 3 N–H and O–H groups in total. The first-order chi connectivity index (χ1) is 11.6. The predicted octanol–water partition coefficient (Wildman–Crippen LogP) is 4.21. The zero-order chi connectivity index (χ0) is 16.7. The number of hydrogen-bond donors (Lipinski definition) is 3. The second-order valence-corrected chi connectivity index (χ2v) is 5.70. The summed E-state index contributed by atoms with van der Waals surface area (Å²) < 4.78 is 0. The summed E-state index contributed by atoms with van der Waals surface area (Å²) in [5, 5.41) is 14.6. The van der Waals surface area contributed by atoms with Crippen molar-refractivity contribution in [3.63, 3.8) is 0 Å². The topological polar surface area (TPSA) is 90.9 Å². The highest BCUT2D eigenvalue weighted by Crippen LogP contribution is 2.31. The number of rotatable bonds is 3. The molecule has 7 heteroatoms. The highest BCUT2D eigenvalue weighted by atomic mass is 35.5. The van der Waals surface area contributed by atoms with Gasteiger partial charge in [0.15, 0.2) is 0 Å². The van der Waals surface area contributed by atoms with Crippen LogP contribution in [0.4, 0.5) is 11.5 Å². The molecule has 118 valence electrons. The first-order valence-corrected chi connectivity index (χ1v) is 7.52. The molecule has 0 aliphatic carbocycles. The van der Waals surface area contributed by atoms with Gasteiger partial charge in [0.05, 0.1) is 17.2 Å². The lowest BCUT2D eigenvalue weighted by Crippen LogP contribution is -1.95. The van der Waals surface area contributed by atoms with Crippen molar-refractivity contribution < 1.29 is 9.90 Å². The van der Waals surface area contributed by atoms with Gasteiger partial charge in [-0.3, -0.25) is 4.98 Å². The minimum Gasteiger partial charge on any atom is -0.477 e. The molecule has 0 aliphatic rings. The molecule has 0 saturated heterocycles. The Bertz CT molecular complexity index is 1090. The SMILES string of the molecule is O=C(O)c1cc2c(Nc3cccc(Cl)c3)nc3cnccc3c2[nH]1. The third-order valence-corrected chi connectivity index (χ3v) is 3.93. The minimum atomic E-state index is -1.03. The first-order valence-electron chi connectivity index (χ1n) is 7.14. The van der Waals surface area contributed by atoms with E-state index in [-0.39, 0.29) is 5.69 Å². The van der Waals surface area contributed by atoms with Crippen molar-refractivity contribution >= 4 is 50.9 Å². The normalized spacial score (nSPS) is 11.0. The lowest BCUT2D eigenvalue weighted by Gasteiger charge is -2.09. The highest BCUT2D eigenvalue weighted by molar-refractivity contribution is 6.30. The maximum absolute atomic E-state index is 11.3. The molecule has 4 aromatic rings. The maximum Gasteiger partial charge on any atom is 0.352 e.